The molecule has 4 nitrogen and oxygen atoms in total. The van der Waals surface area contributed by atoms with E-state index in [0.29, 0.717) is 6.42 Å². The molecule has 1 N–H and O–H groups in total. The van der Waals surface area contributed by atoms with Crippen LogP contribution in [0.2, 0.25) is 0 Å². The Bertz CT molecular complexity index is 288. The van der Waals surface area contributed by atoms with E-state index in [1.807, 2.05) is 4.90 Å². The van der Waals surface area contributed by atoms with E-state index >= 15 is 0 Å². The molecular weight excluding hydrogens is 178 g/mol. The predicted octanol–water partition coefficient (Wildman–Crippen LogP) is 0.965. The molecule has 1 aliphatic rings. The van der Waals surface area contributed by atoms with Crippen LogP contribution in [0, 0.1) is 0 Å². The molecule has 0 radical (unpaired) electrons. The quantitative estimate of drug-likeness (QED) is 0.760. The van der Waals surface area contributed by atoms with Gasteiger partial charge >= 0.3 is 0 Å². The van der Waals surface area contributed by atoms with Crippen molar-refractivity contribution in [1.29, 1.82) is 0 Å². The molecule has 0 unspecified atom stereocenters. The number of hydrogen-bond donors (Lipinski definition) is 1. The fourth-order valence-electron chi connectivity index (χ4n) is 1.80. The molecule has 0 bridgehead atoms. The van der Waals surface area contributed by atoms with Crippen LogP contribution < -0.4 is 0 Å². The van der Waals surface area contributed by atoms with Gasteiger partial charge in [0.05, 0.1) is 12.7 Å². The molecule has 4 heteroatoms. The van der Waals surface area contributed by atoms with E-state index in [2.05, 4.69) is 9.97 Å². The number of likely N-dealkylation sites (tertiary alicyclic amines) is 1. The Morgan fingerprint density at radius 1 is 1.43 bits per heavy atom. The number of carbonyl (C=O) groups excluding carboxylic acids is 1. The average molecular weight is 193 g/mol. The highest BCUT2D eigenvalue weighted by atomic mass is 16.2. The topological polar surface area (TPSA) is 49.0 Å². The zero-order chi connectivity index (χ0) is 9.80. The normalized spacial score (nSPS) is 17.0. The maximum absolute atomic E-state index is 11.7. The summed E-state index contributed by atoms with van der Waals surface area (Å²) < 4.78 is 0. The number of imidazole rings is 1. The summed E-state index contributed by atoms with van der Waals surface area (Å²) in [4.78, 5) is 20.5. The van der Waals surface area contributed by atoms with Crippen LogP contribution in [0.4, 0.5) is 0 Å². The van der Waals surface area contributed by atoms with Crippen molar-refractivity contribution in [3.8, 4) is 0 Å². The third-order valence-electron chi connectivity index (χ3n) is 2.61. The first kappa shape index (κ1) is 9.24. The molecule has 14 heavy (non-hydrogen) atoms. The van der Waals surface area contributed by atoms with Crippen molar-refractivity contribution in [2.24, 2.45) is 0 Å². The van der Waals surface area contributed by atoms with Gasteiger partial charge in [0.1, 0.15) is 0 Å². The summed E-state index contributed by atoms with van der Waals surface area (Å²) in [6.07, 6.45) is 7.33. The molecule has 1 aromatic heterocycles. The molecule has 1 amide bonds. The second kappa shape index (κ2) is 4.26. The molecule has 0 atom stereocenters. The minimum atomic E-state index is 0.217. The number of H-pyrrole nitrogens is 1. The van der Waals surface area contributed by atoms with E-state index in [0.717, 1.165) is 31.6 Å². The Balaban J connectivity index is 1.88. The van der Waals surface area contributed by atoms with Gasteiger partial charge in [-0.1, -0.05) is 0 Å². The Labute approximate surface area is 83.3 Å². The van der Waals surface area contributed by atoms with Gasteiger partial charge in [0.15, 0.2) is 0 Å². The van der Waals surface area contributed by atoms with Crippen molar-refractivity contribution in [1.82, 2.24) is 14.9 Å². The molecule has 1 aliphatic heterocycles. The van der Waals surface area contributed by atoms with E-state index in [4.69, 9.17) is 0 Å². The van der Waals surface area contributed by atoms with Gasteiger partial charge in [0, 0.05) is 25.0 Å². The van der Waals surface area contributed by atoms with Crippen LogP contribution in [-0.2, 0) is 11.2 Å². The summed E-state index contributed by atoms with van der Waals surface area (Å²) in [6.45, 7) is 1.85. The van der Waals surface area contributed by atoms with Gasteiger partial charge in [-0.2, -0.15) is 0 Å². The highest BCUT2D eigenvalue weighted by Crippen LogP contribution is 2.10. The minimum Gasteiger partial charge on any atom is -0.348 e. The van der Waals surface area contributed by atoms with Crippen LogP contribution in [0.15, 0.2) is 12.5 Å². The lowest BCUT2D eigenvalue weighted by atomic mass is 10.1. The Kier molecular flexibility index (Phi) is 2.81. The van der Waals surface area contributed by atoms with Crippen molar-refractivity contribution in [3.05, 3.63) is 18.2 Å². The zero-order valence-corrected chi connectivity index (χ0v) is 8.20. The van der Waals surface area contributed by atoms with E-state index in [1.54, 1.807) is 12.5 Å². The Morgan fingerprint density at radius 3 is 2.86 bits per heavy atom. The largest absolute Gasteiger partial charge is 0.348 e. The molecule has 0 saturated carbocycles. The van der Waals surface area contributed by atoms with E-state index in [-0.39, 0.29) is 5.91 Å². The van der Waals surface area contributed by atoms with Gasteiger partial charge in [-0.15, -0.1) is 0 Å². The number of aromatic amines is 1. The molecule has 0 aromatic carbocycles. The molecular formula is C10H15N3O. The summed E-state index contributed by atoms with van der Waals surface area (Å²) in [5.41, 5.74) is 0.903. The van der Waals surface area contributed by atoms with E-state index in [1.165, 1.54) is 6.42 Å². The lowest BCUT2D eigenvalue weighted by molar-refractivity contribution is -0.131. The maximum atomic E-state index is 11.7. The minimum absolute atomic E-state index is 0.217. The summed E-state index contributed by atoms with van der Waals surface area (Å²) in [5, 5.41) is 0. The number of piperidine rings is 1. The van der Waals surface area contributed by atoms with Crippen molar-refractivity contribution in [2.75, 3.05) is 13.1 Å². The van der Waals surface area contributed by atoms with Crippen LogP contribution in [0.1, 0.15) is 25.0 Å². The standard InChI is InChI=1S/C10H15N3O/c14-10(6-9-7-11-8-12-9)13-4-2-1-3-5-13/h7-8H,1-6H2,(H,11,12). The Hall–Kier alpha value is -1.32. The second-order valence-electron chi connectivity index (χ2n) is 3.70. The Morgan fingerprint density at radius 2 is 2.21 bits per heavy atom. The lowest BCUT2D eigenvalue weighted by Gasteiger charge is -2.26. The van der Waals surface area contributed by atoms with Crippen LogP contribution in [0.3, 0.4) is 0 Å². The summed E-state index contributed by atoms with van der Waals surface area (Å²) in [6, 6.07) is 0. The summed E-state index contributed by atoms with van der Waals surface area (Å²) in [5.74, 6) is 0.217. The molecule has 0 spiro atoms. The van der Waals surface area contributed by atoms with Crippen molar-refractivity contribution < 1.29 is 4.79 Å². The van der Waals surface area contributed by atoms with Crippen LogP contribution in [0.5, 0.6) is 0 Å². The summed E-state index contributed by atoms with van der Waals surface area (Å²) in [7, 11) is 0. The molecule has 1 saturated heterocycles. The zero-order valence-electron chi connectivity index (χ0n) is 8.20. The van der Waals surface area contributed by atoms with Crippen LogP contribution in [-0.4, -0.2) is 33.9 Å². The van der Waals surface area contributed by atoms with Crippen molar-refractivity contribution >= 4 is 5.91 Å². The van der Waals surface area contributed by atoms with Crippen LogP contribution >= 0.6 is 0 Å². The predicted molar refractivity (Wildman–Crippen MR) is 52.7 cm³/mol. The van der Waals surface area contributed by atoms with Gasteiger partial charge in [-0.3, -0.25) is 4.79 Å². The number of aromatic nitrogens is 2. The first-order valence-corrected chi connectivity index (χ1v) is 5.11. The van der Waals surface area contributed by atoms with Crippen LogP contribution in [0.25, 0.3) is 0 Å². The molecule has 1 aromatic rings. The van der Waals surface area contributed by atoms with Crippen molar-refractivity contribution in [2.45, 2.75) is 25.7 Å². The van der Waals surface area contributed by atoms with Gasteiger partial charge in [0.25, 0.3) is 0 Å². The monoisotopic (exact) mass is 193 g/mol. The first-order valence-electron chi connectivity index (χ1n) is 5.11. The molecule has 2 heterocycles. The highest BCUT2D eigenvalue weighted by Gasteiger charge is 2.16. The number of nitrogens with zero attached hydrogens (tertiary/aromatic N) is 2. The van der Waals surface area contributed by atoms with Gasteiger partial charge in [-0.25, -0.2) is 4.98 Å². The smallest absolute Gasteiger partial charge is 0.228 e. The second-order valence-corrected chi connectivity index (χ2v) is 3.70. The first-order chi connectivity index (χ1) is 6.86. The molecule has 0 aliphatic carbocycles. The maximum Gasteiger partial charge on any atom is 0.228 e. The fourth-order valence-corrected chi connectivity index (χ4v) is 1.80. The SMILES string of the molecule is O=C(Cc1cnc[nH]1)N1CCCCC1. The number of nitrogens with one attached hydrogen (secondary N) is 1. The third-order valence-corrected chi connectivity index (χ3v) is 2.61. The molecule has 2 rings (SSSR count). The number of rotatable bonds is 2. The third kappa shape index (κ3) is 2.13. The van der Waals surface area contributed by atoms with E-state index < -0.39 is 0 Å². The van der Waals surface area contributed by atoms with Gasteiger partial charge < -0.3 is 9.88 Å². The van der Waals surface area contributed by atoms with Gasteiger partial charge in [0.2, 0.25) is 5.91 Å². The highest BCUT2D eigenvalue weighted by molar-refractivity contribution is 5.78. The fraction of sp³-hybridized carbons (Fsp3) is 0.600. The number of carbonyl (C=O) groups is 1. The molecule has 76 valence electrons. The summed E-state index contributed by atoms with van der Waals surface area (Å²) >= 11 is 0. The average Bonchev–Trinajstić information content (AvgIpc) is 2.72. The van der Waals surface area contributed by atoms with Crippen molar-refractivity contribution in [3.63, 3.8) is 0 Å². The number of amides is 1. The van der Waals surface area contributed by atoms with Gasteiger partial charge in [-0.05, 0) is 19.3 Å². The molecule has 1 fully saturated rings. The lowest BCUT2D eigenvalue weighted by Crippen LogP contribution is -2.36. The van der Waals surface area contributed by atoms with E-state index in [9.17, 15) is 4.79 Å². The number of hydrogen-bond acceptors (Lipinski definition) is 2.